The Morgan fingerprint density at radius 2 is 1.11 bits per heavy atom. The van der Waals surface area contributed by atoms with Crippen LogP contribution in [0.25, 0.3) is 12.2 Å². The maximum Gasteiger partial charge on any atom is 0.430 e. The Kier molecular flexibility index (Phi) is 12.0. The number of benzene rings is 2. The first-order valence-electron chi connectivity index (χ1n) is 10.5. The first-order valence-corrected chi connectivity index (χ1v) is 10.5. The zero-order valence-electron chi connectivity index (χ0n) is 19.4. The van der Waals surface area contributed by atoms with Crippen LogP contribution < -0.4 is 4.74 Å². The number of alkyl halides is 6. The van der Waals surface area contributed by atoms with Crippen molar-refractivity contribution in [1.82, 2.24) is 0 Å². The van der Waals surface area contributed by atoms with Gasteiger partial charge in [-0.1, -0.05) is 61.7 Å². The molecule has 0 aliphatic carbocycles. The lowest BCUT2D eigenvalue weighted by Gasteiger charge is -2.37. The standard InChI is InChI=1S/C14H14F6O2.C11H14O2/c1-3-10-5-7-11(8-6-10)12(13(15,16)17,14(18,19)20)22-9-21-4-2;1-3-10-5-7-11(8-6-10)13-9-12-4-2/h3,5-8H,1,4,9H2,2H3;3,5-8H,1,4,9H2,2H3. The lowest BCUT2D eigenvalue weighted by molar-refractivity contribution is -0.401. The van der Waals surface area contributed by atoms with E-state index in [4.69, 9.17) is 9.47 Å². The minimum atomic E-state index is -5.71. The first-order chi connectivity index (χ1) is 16.5. The molecule has 4 nitrogen and oxygen atoms in total. The topological polar surface area (TPSA) is 36.9 Å². The van der Waals surface area contributed by atoms with E-state index in [2.05, 4.69) is 22.6 Å². The van der Waals surface area contributed by atoms with E-state index in [0.29, 0.717) is 31.1 Å². The van der Waals surface area contributed by atoms with Gasteiger partial charge in [-0.15, -0.1) is 0 Å². The maximum absolute atomic E-state index is 13.2. The first kappa shape index (κ1) is 30.2. The molecule has 35 heavy (non-hydrogen) atoms. The van der Waals surface area contributed by atoms with Crippen molar-refractivity contribution in [3.05, 3.63) is 78.4 Å². The molecule has 0 spiro atoms. The Bertz CT molecular complexity index is 876. The van der Waals surface area contributed by atoms with Gasteiger partial charge in [0.05, 0.1) is 0 Å². The van der Waals surface area contributed by atoms with E-state index in [-0.39, 0.29) is 6.61 Å². The molecule has 0 aliphatic rings. The quantitative estimate of drug-likeness (QED) is 0.181. The molecular formula is C25H28F6O4. The van der Waals surface area contributed by atoms with Gasteiger partial charge in [-0.2, -0.15) is 26.3 Å². The van der Waals surface area contributed by atoms with Crippen LogP contribution in [0.15, 0.2) is 61.7 Å². The minimum absolute atomic E-state index is 0.0821. The van der Waals surface area contributed by atoms with E-state index >= 15 is 0 Å². The summed E-state index contributed by atoms with van der Waals surface area (Å²) in [5, 5.41) is 0. The van der Waals surface area contributed by atoms with Gasteiger partial charge in [0.15, 0.2) is 6.79 Å². The third-order valence-corrected chi connectivity index (χ3v) is 4.54. The van der Waals surface area contributed by atoms with Crippen molar-refractivity contribution < 1.29 is 45.3 Å². The lowest BCUT2D eigenvalue weighted by atomic mass is 9.91. The average molecular weight is 506 g/mol. The summed E-state index contributed by atoms with van der Waals surface area (Å²) in [6.45, 7) is 10.2. The molecule has 0 atom stereocenters. The van der Waals surface area contributed by atoms with Crippen molar-refractivity contribution in [3.63, 3.8) is 0 Å². The molecule has 10 heteroatoms. The average Bonchev–Trinajstić information content (AvgIpc) is 2.81. The molecule has 0 bridgehead atoms. The van der Waals surface area contributed by atoms with Crippen LogP contribution in [-0.4, -0.2) is 39.2 Å². The highest BCUT2D eigenvalue weighted by Gasteiger charge is 2.73. The van der Waals surface area contributed by atoms with Crippen molar-refractivity contribution in [2.45, 2.75) is 31.8 Å². The smallest absolute Gasteiger partial charge is 0.430 e. The third-order valence-electron chi connectivity index (χ3n) is 4.54. The highest BCUT2D eigenvalue weighted by molar-refractivity contribution is 5.49. The van der Waals surface area contributed by atoms with E-state index in [1.54, 1.807) is 6.08 Å². The number of rotatable bonds is 11. The van der Waals surface area contributed by atoms with Gasteiger partial charge >= 0.3 is 12.4 Å². The van der Waals surface area contributed by atoms with Gasteiger partial charge in [-0.05, 0) is 37.1 Å². The second-order valence-electron chi connectivity index (χ2n) is 6.79. The largest absolute Gasteiger partial charge is 0.468 e. The second-order valence-corrected chi connectivity index (χ2v) is 6.79. The van der Waals surface area contributed by atoms with Crippen molar-refractivity contribution in [3.8, 4) is 5.75 Å². The summed E-state index contributed by atoms with van der Waals surface area (Å²) in [4.78, 5) is 0. The van der Waals surface area contributed by atoms with Gasteiger partial charge < -0.3 is 18.9 Å². The van der Waals surface area contributed by atoms with Gasteiger partial charge in [-0.25, -0.2) is 0 Å². The summed E-state index contributed by atoms with van der Waals surface area (Å²) in [7, 11) is 0. The van der Waals surface area contributed by atoms with Gasteiger partial charge in [0.1, 0.15) is 12.5 Å². The molecule has 2 rings (SSSR count). The molecule has 2 aromatic rings. The molecule has 194 valence electrons. The number of ether oxygens (including phenoxy) is 4. The molecule has 0 saturated heterocycles. The fourth-order valence-electron chi connectivity index (χ4n) is 2.70. The van der Waals surface area contributed by atoms with Crippen LogP contribution in [0.4, 0.5) is 26.3 Å². The molecular weight excluding hydrogens is 478 g/mol. The van der Waals surface area contributed by atoms with E-state index in [1.807, 2.05) is 31.2 Å². The van der Waals surface area contributed by atoms with E-state index in [1.165, 1.54) is 13.0 Å². The summed E-state index contributed by atoms with van der Waals surface area (Å²) >= 11 is 0. The second kappa shape index (κ2) is 13.9. The van der Waals surface area contributed by atoms with Gasteiger partial charge in [-0.3, -0.25) is 0 Å². The highest BCUT2D eigenvalue weighted by Crippen LogP contribution is 2.52. The third kappa shape index (κ3) is 8.41. The Morgan fingerprint density at radius 3 is 1.51 bits per heavy atom. The Hall–Kier alpha value is -2.82. The highest BCUT2D eigenvalue weighted by atomic mass is 19.4. The van der Waals surface area contributed by atoms with E-state index in [9.17, 15) is 26.3 Å². The molecule has 0 aromatic heterocycles. The van der Waals surface area contributed by atoms with Crippen LogP contribution >= 0.6 is 0 Å². The predicted octanol–water partition coefficient (Wildman–Crippen LogP) is 7.36. The van der Waals surface area contributed by atoms with Crippen LogP contribution in [0.5, 0.6) is 5.75 Å². The fourth-order valence-corrected chi connectivity index (χ4v) is 2.70. The van der Waals surface area contributed by atoms with Crippen LogP contribution in [0.3, 0.4) is 0 Å². The molecule has 0 fully saturated rings. The Labute approximate surface area is 200 Å². The molecule has 0 heterocycles. The summed E-state index contributed by atoms with van der Waals surface area (Å²) < 4.78 is 98.5. The molecule has 0 amide bonds. The van der Waals surface area contributed by atoms with Crippen molar-refractivity contribution in [2.24, 2.45) is 0 Å². The number of halogens is 6. The van der Waals surface area contributed by atoms with Gasteiger partial charge in [0.25, 0.3) is 5.60 Å². The van der Waals surface area contributed by atoms with E-state index < -0.39 is 30.3 Å². The van der Waals surface area contributed by atoms with Gasteiger partial charge in [0, 0.05) is 18.8 Å². The zero-order valence-corrected chi connectivity index (χ0v) is 19.4. The van der Waals surface area contributed by atoms with Crippen LogP contribution in [0.2, 0.25) is 0 Å². The van der Waals surface area contributed by atoms with Crippen LogP contribution in [-0.2, 0) is 19.8 Å². The molecule has 0 radical (unpaired) electrons. The normalized spacial score (nSPS) is 11.9. The van der Waals surface area contributed by atoms with Gasteiger partial charge in [0.2, 0.25) is 0 Å². The molecule has 0 unspecified atom stereocenters. The SMILES string of the molecule is C=Cc1ccc(C(OCOCC)(C(F)(F)F)C(F)(F)F)cc1.C=Cc1ccc(OCOCC)cc1. The molecule has 0 N–H and O–H groups in total. The lowest BCUT2D eigenvalue weighted by Crippen LogP contribution is -2.56. The van der Waals surface area contributed by atoms with Crippen molar-refractivity contribution in [2.75, 3.05) is 26.8 Å². The van der Waals surface area contributed by atoms with Crippen LogP contribution in [0, 0.1) is 0 Å². The number of hydrogen-bond donors (Lipinski definition) is 0. The Morgan fingerprint density at radius 1 is 0.686 bits per heavy atom. The predicted molar refractivity (Wildman–Crippen MR) is 122 cm³/mol. The zero-order chi connectivity index (χ0) is 26.5. The van der Waals surface area contributed by atoms with Crippen molar-refractivity contribution >= 4 is 12.2 Å². The summed E-state index contributed by atoms with van der Waals surface area (Å²) in [6.07, 6.45) is -8.32. The molecule has 0 aliphatic heterocycles. The fraction of sp³-hybridized carbons (Fsp3) is 0.360. The maximum atomic E-state index is 13.2. The summed E-state index contributed by atoms with van der Waals surface area (Å²) in [5.74, 6) is 0.819. The van der Waals surface area contributed by atoms with E-state index in [0.717, 1.165) is 23.4 Å². The minimum Gasteiger partial charge on any atom is -0.468 e. The summed E-state index contributed by atoms with van der Waals surface area (Å²) in [6, 6.07) is 11.3. The summed E-state index contributed by atoms with van der Waals surface area (Å²) in [5.41, 5.74) is -4.05. The number of hydrogen-bond acceptors (Lipinski definition) is 4. The van der Waals surface area contributed by atoms with Crippen LogP contribution in [0.1, 0.15) is 30.5 Å². The molecule has 0 saturated carbocycles. The molecule has 2 aromatic carbocycles. The monoisotopic (exact) mass is 506 g/mol. The van der Waals surface area contributed by atoms with Crippen molar-refractivity contribution in [1.29, 1.82) is 0 Å². The Balaban J connectivity index is 0.000000400.